The number of rotatable bonds is 24. The van der Waals surface area contributed by atoms with E-state index in [0.29, 0.717) is 12.1 Å². The Bertz CT molecular complexity index is 747. The van der Waals surface area contributed by atoms with E-state index in [1.165, 1.54) is 127 Å². The second kappa shape index (κ2) is 21.6. The molecule has 2 aromatic carbocycles. The first-order valence-electron chi connectivity index (χ1n) is 16.5. The molecule has 0 aliphatic rings. The lowest BCUT2D eigenvalue weighted by Crippen LogP contribution is -2.14. The van der Waals surface area contributed by atoms with Crippen LogP contribution in [0.25, 0.3) is 0 Å². The van der Waals surface area contributed by atoms with E-state index in [1.54, 1.807) is 0 Å². The fourth-order valence-corrected chi connectivity index (χ4v) is 5.26. The van der Waals surface area contributed by atoms with Gasteiger partial charge in [-0.15, -0.1) is 0 Å². The van der Waals surface area contributed by atoms with Crippen molar-refractivity contribution >= 4 is 11.4 Å². The van der Waals surface area contributed by atoms with Gasteiger partial charge in [0.05, 0.1) is 0 Å². The summed E-state index contributed by atoms with van der Waals surface area (Å²) >= 11 is 0. The van der Waals surface area contributed by atoms with Crippen molar-refractivity contribution in [1.29, 1.82) is 0 Å². The van der Waals surface area contributed by atoms with E-state index in [9.17, 15) is 0 Å². The molecule has 2 rings (SSSR count). The molecular formula is C36H60N2O. The third-order valence-corrected chi connectivity index (χ3v) is 7.75. The first kappa shape index (κ1) is 33.0. The second-order valence-electron chi connectivity index (χ2n) is 11.8. The number of anilines is 2. The van der Waals surface area contributed by atoms with Crippen LogP contribution in [-0.2, 0) is 0 Å². The predicted octanol–water partition coefficient (Wildman–Crippen LogP) is 12.1. The summed E-state index contributed by atoms with van der Waals surface area (Å²) in [7, 11) is 0. The fraction of sp³-hybridized carbons (Fsp3) is 0.667. The van der Waals surface area contributed by atoms with Gasteiger partial charge in [0.1, 0.15) is 11.5 Å². The van der Waals surface area contributed by atoms with Gasteiger partial charge in [-0.1, -0.05) is 117 Å². The SMILES string of the molecule is CCCCCCCCCCC(C)Nc1ccc(Oc2ccc(NC(C)CCCCCCCCCC)cc2)cc1. The van der Waals surface area contributed by atoms with E-state index in [4.69, 9.17) is 4.74 Å². The summed E-state index contributed by atoms with van der Waals surface area (Å²) in [5.41, 5.74) is 2.33. The van der Waals surface area contributed by atoms with Crippen molar-refractivity contribution in [3.8, 4) is 11.5 Å². The molecular weight excluding hydrogens is 476 g/mol. The molecule has 0 spiro atoms. The molecule has 0 bridgehead atoms. The molecule has 0 aromatic heterocycles. The number of benzene rings is 2. The molecule has 0 aliphatic carbocycles. The minimum Gasteiger partial charge on any atom is -0.457 e. The average Bonchev–Trinajstić information content (AvgIpc) is 2.94. The van der Waals surface area contributed by atoms with Crippen LogP contribution in [0.2, 0.25) is 0 Å². The highest BCUT2D eigenvalue weighted by molar-refractivity contribution is 5.50. The maximum atomic E-state index is 6.10. The van der Waals surface area contributed by atoms with Crippen molar-refractivity contribution < 1.29 is 4.74 Å². The van der Waals surface area contributed by atoms with Crippen LogP contribution >= 0.6 is 0 Å². The Hall–Kier alpha value is -2.16. The molecule has 0 aliphatic heterocycles. The van der Waals surface area contributed by atoms with Gasteiger partial charge >= 0.3 is 0 Å². The monoisotopic (exact) mass is 536 g/mol. The van der Waals surface area contributed by atoms with Crippen LogP contribution in [-0.4, -0.2) is 12.1 Å². The van der Waals surface area contributed by atoms with Crippen LogP contribution in [0, 0.1) is 0 Å². The van der Waals surface area contributed by atoms with Crippen molar-refractivity contribution in [3.05, 3.63) is 48.5 Å². The summed E-state index contributed by atoms with van der Waals surface area (Å²) in [4.78, 5) is 0. The Morgan fingerprint density at radius 3 is 1.10 bits per heavy atom. The van der Waals surface area contributed by atoms with Crippen LogP contribution in [0.5, 0.6) is 11.5 Å². The first-order chi connectivity index (χ1) is 19.1. The van der Waals surface area contributed by atoms with Crippen molar-refractivity contribution in [2.45, 2.75) is 155 Å². The van der Waals surface area contributed by atoms with Gasteiger partial charge in [-0.3, -0.25) is 0 Å². The van der Waals surface area contributed by atoms with E-state index in [0.717, 1.165) is 11.5 Å². The van der Waals surface area contributed by atoms with Gasteiger partial charge in [0.15, 0.2) is 0 Å². The molecule has 0 fully saturated rings. The zero-order chi connectivity index (χ0) is 28.0. The largest absolute Gasteiger partial charge is 0.457 e. The maximum Gasteiger partial charge on any atom is 0.127 e. The molecule has 2 N–H and O–H groups in total. The molecule has 0 heterocycles. The van der Waals surface area contributed by atoms with Gasteiger partial charge in [0.25, 0.3) is 0 Å². The number of unbranched alkanes of at least 4 members (excludes halogenated alkanes) is 14. The van der Waals surface area contributed by atoms with E-state index < -0.39 is 0 Å². The number of nitrogens with one attached hydrogen (secondary N) is 2. The summed E-state index contributed by atoms with van der Waals surface area (Å²) in [5, 5.41) is 7.29. The van der Waals surface area contributed by atoms with Crippen LogP contribution in [0.4, 0.5) is 11.4 Å². The van der Waals surface area contributed by atoms with Gasteiger partial charge in [0.2, 0.25) is 0 Å². The highest BCUT2D eigenvalue weighted by Gasteiger charge is 2.05. The van der Waals surface area contributed by atoms with Crippen LogP contribution in [0.15, 0.2) is 48.5 Å². The Balaban J connectivity index is 1.60. The Labute approximate surface area is 241 Å². The topological polar surface area (TPSA) is 33.3 Å². The first-order valence-corrected chi connectivity index (χ1v) is 16.5. The molecule has 0 saturated carbocycles. The Morgan fingerprint density at radius 2 is 0.769 bits per heavy atom. The van der Waals surface area contributed by atoms with Crippen molar-refractivity contribution in [3.63, 3.8) is 0 Å². The van der Waals surface area contributed by atoms with Crippen molar-refractivity contribution in [2.24, 2.45) is 0 Å². The molecule has 2 unspecified atom stereocenters. The quantitative estimate of drug-likeness (QED) is 0.131. The molecule has 0 radical (unpaired) electrons. The van der Waals surface area contributed by atoms with Crippen LogP contribution in [0.3, 0.4) is 0 Å². The van der Waals surface area contributed by atoms with E-state index in [1.807, 2.05) is 0 Å². The summed E-state index contributed by atoms with van der Waals surface area (Å²) < 4.78 is 6.10. The molecule has 0 amide bonds. The molecule has 3 nitrogen and oxygen atoms in total. The van der Waals surface area contributed by atoms with Crippen LogP contribution < -0.4 is 15.4 Å². The molecule has 2 aromatic rings. The molecule has 0 saturated heterocycles. The van der Waals surface area contributed by atoms with E-state index in [2.05, 4.69) is 86.9 Å². The smallest absolute Gasteiger partial charge is 0.127 e. The van der Waals surface area contributed by atoms with Crippen molar-refractivity contribution in [1.82, 2.24) is 0 Å². The highest BCUT2D eigenvalue weighted by Crippen LogP contribution is 2.25. The molecule has 3 heteroatoms. The molecule has 2 atom stereocenters. The molecule has 39 heavy (non-hydrogen) atoms. The Kier molecular flexibility index (Phi) is 18.3. The van der Waals surface area contributed by atoms with Gasteiger partial charge < -0.3 is 15.4 Å². The van der Waals surface area contributed by atoms with Gasteiger partial charge in [-0.25, -0.2) is 0 Å². The van der Waals surface area contributed by atoms with E-state index >= 15 is 0 Å². The fourth-order valence-electron chi connectivity index (χ4n) is 5.26. The average molecular weight is 537 g/mol. The number of ether oxygens (including phenoxy) is 1. The van der Waals surface area contributed by atoms with Gasteiger partial charge in [0, 0.05) is 23.5 Å². The second-order valence-corrected chi connectivity index (χ2v) is 11.8. The third-order valence-electron chi connectivity index (χ3n) is 7.75. The lowest BCUT2D eigenvalue weighted by Gasteiger charge is -2.16. The summed E-state index contributed by atoms with van der Waals surface area (Å²) in [6, 6.07) is 17.7. The normalized spacial score (nSPS) is 12.7. The lowest BCUT2D eigenvalue weighted by molar-refractivity contribution is 0.482. The minimum atomic E-state index is 0.495. The summed E-state index contributed by atoms with van der Waals surface area (Å²) in [5.74, 6) is 1.75. The maximum absolute atomic E-state index is 6.10. The van der Waals surface area contributed by atoms with Crippen molar-refractivity contribution in [2.75, 3.05) is 10.6 Å². The number of hydrogen-bond acceptors (Lipinski definition) is 3. The Morgan fingerprint density at radius 1 is 0.462 bits per heavy atom. The van der Waals surface area contributed by atoms with Gasteiger partial charge in [-0.2, -0.15) is 0 Å². The predicted molar refractivity (Wildman–Crippen MR) is 174 cm³/mol. The van der Waals surface area contributed by atoms with Gasteiger partial charge in [-0.05, 0) is 75.2 Å². The third kappa shape index (κ3) is 16.5. The lowest BCUT2D eigenvalue weighted by atomic mass is 10.1. The van der Waals surface area contributed by atoms with Crippen LogP contribution in [0.1, 0.15) is 143 Å². The molecule has 220 valence electrons. The highest BCUT2D eigenvalue weighted by atomic mass is 16.5. The summed E-state index contributed by atoms with van der Waals surface area (Å²) in [6.07, 6.45) is 24.5. The van der Waals surface area contributed by atoms with E-state index in [-0.39, 0.29) is 0 Å². The summed E-state index contributed by atoms with van der Waals surface area (Å²) in [6.45, 7) is 9.14. The number of hydrogen-bond donors (Lipinski definition) is 2. The minimum absolute atomic E-state index is 0.495. The zero-order valence-electron chi connectivity index (χ0n) is 25.9. The zero-order valence-corrected chi connectivity index (χ0v) is 25.9. The standard InChI is InChI=1S/C36H60N2O/c1-5-7-9-11-13-15-17-19-21-31(3)37-33-23-27-35(28-24-33)39-36-29-25-34(26-30-36)38-32(4)22-20-18-16-14-12-10-8-6-2/h23-32,37-38H,5-22H2,1-4H3.